The molecule has 0 N–H and O–H groups in total. The lowest BCUT2D eigenvalue weighted by atomic mass is 9.95. The molecule has 1 aromatic rings. The Labute approximate surface area is 162 Å². The van der Waals surface area contributed by atoms with Crippen molar-refractivity contribution >= 4 is 11.8 Å². The summed E-state index contributed by atoms with van der Waals surface area (Å²) in [7, 11) is 0. The van der Waals surface area contributed by atoms with Gasteiger partial charge in [0.1, 0.15) is 12.3 Å². The topological polar surface area (TPSA) is 49.9 Å². The fourth-order valence-electron chi connectivity index (χ4n) is 3.17. The highest BCUT2D eigenvalue weighted by Gasteiger charge is 2.36. The van der Waals surface area contributed by atoms with Gasteiger partial charge in [-0.15, -0.1) is 6.58 Å². The van der Waals surface area contributed by atoms with Crippen LogP contribution >= 0.6 is 0 Å². The van der Waals surface area contributed by atoms with E-state index in [1.807, 2.05) is 18.2 Å². The van der Waals surface area contributed by atoms with Gasteiger partial charge in [-0.2, -0.15) is 13.2 Å². The van der Waals surface area contributed by atoms with Crippen LogP contribution in [-0.2, 0) is 9.59 Å². The normalized spacial score (nSPS) is 15.2. The van der Waals surface area contributed by atoms with Gasteiger partial charge >= 0.3 is 6.18 Å². The van der Waals surface area contributed by atoms with Crippen molar-refractivity contribution in [3.8, 4) is 5.75 Å². The number of hydrogen-bond acceptors (Lipinski definition) is 3. The maximum Gasteiger partial charge on any atom is 0.406 e. The van der Waals surface area contributed by atoms with Gasteiger partial charge in [0.05, 0.1) is 13.0 Å². The number of amides is 2. The second-order valence-electron chi connectivity index (χ2n) is 6.69. The number of likely N-dealkylation sites (tertiary alicyclic amines) is 1. The Morgan fingerprint density at radius 3 is 2.43 bits per heavy atom. The zero-order valence-corrected chi connectivity index (χ0v) is 15.7. The minimum atomic E-state index is -4.45. The maximum absolute atomic E-state index is 12.7. The van der Waals surface area contributed by atoms with Gasteiger partial charge in [-0.05, 0) is 25.0 Å². The Morgan fingerprint density at radius 1 is 1.21 bits per heavy atom. The minimum absolute atomic E-state index is 0.0833. The van der Waals surface area contributed by atoms with E-state index in [-0.39, 0.29) is 25.5 Å². The fourth-order valence-corrected chi connectivity index (χ4v) is 3.17. The third-order valence-corrected chi connectivity index (χ3v) is 4.56. The monoisotopic (exact) mass is 398 g/mol. The van der Waals surface area contributed by atoms with Crippen molar-refractivity contribution in [2.24, 2.45) is 5.92 Å². The first-order chi connectivity index (χ1) is 13.3. The summed E-state index contributed by atoms with van der Waals surface area (Å²) in [6.07, 6.45) is -2.24. The van der Waals surface area contributed by atoms with Crippen molar-refractivity contribution in [1.82, 2.24) is 9.80 Å². The van der Waals surface area contributed by atoms with E-state index in [0.717, 1.165) is 4.90 Å². The molecule has 0 radical (unpaired) electrons. The van der Waals surface area contributed by atoms with E-state index in [1.54, 1.807) is 17.0 Å². The predicted molar refractivity (Wildman–Crippen MR) is 98.7 cm³/mol. The molecule has 1 aromatic carbocycles. The van der Waals surface area contributed by atoms with E-state index in [4.69, 9.17) is 4.74 Å². The lowest BCUT2D eigenvalue weighted by Gasteiger charge is -2.34. The molecule has 1 saturated heterocycles. The molecule has 2 amide bonds. The van der Waals surface area contributed by atoms with Crippen LogP contribution in [0.3, 0.4) is 0 Å². The average Bonchev–Trinajstić information content (AvgIpc) is 2.67. The molecule has 1 aliphatic rings. The number of rotatable bonds is 8. The predicted octanol–water partition coefficient (Wildman–Crippen LogP) is 3.27. The van der Waals surface area contributed by atoms with Gasteiger partial charge in [0.25, 0.3) is 0 Å². The van der Waals surface area contributed by atoms with Crippen molar-refractivity contribution in [1.29, 1.82) is 0 Å². The number of carbonyl (C=O) groups excluding carboxylic acids is 2. The quantitative estimate of drug-likeness (QED) is 0.632. The van der Waals surface area contributed by atoms with Crippen LogP contribution in [0.2, 0.25) is 0 Å². The third kappa shape index (κ3) is 6.90. The first-order valence-corrected chi connectivity index (χ1v) is 9.22. The Balaban J connectivity index is 1.78. The molecule has 28 heavy (non-hydrogen) atoms. The third-order valence-electron chi connectivity index (χ3n) is 4.56. The van der Waals surface area contributed by atoms with E-state index in [0.29, 0.717) is 31.7 Å². The summed E-state index contributed by atoms with van der Waals surface area (Å²) >= 11 is 0. The zero-order valence-electron chi connectivity index (χ0n) is 15.7. The summed E-state index contributed by atoms with van der Waals surface area (Å²) in [5.74, 6) is -0.435. The number of hydrogen-bond donors (Lipinski definition) is 0. The number of carbonyl (C=O) groups is 2. The van der Waals surface area contributed by atoms with Crippen LogP contribution < -0.4 is 4.74 Å². The van der Waals surface area contributed by atoms with Crippen LogP contribution in [0.4, 0.5) is 13.2 Å². The molecule has 0 unspecified atom stereocenters. The largest absolute Gasteiger partial charge is 0.493 e. The molecule has 1 aliphatic heterocycles. The molecule has 0 saturated carbocycles. The number of piperidine rings is 1. The van der Waals surface area contributed by atoms with Crippen LogP contribution in [0.5, 0.6) is 5.75 Å². The molecule has 1 fully saturated rings. The Hall–Kier alpha value is -2.51. The Morgan fingerprint density at radius 2 is 1.86 bits per heavy atom. The lowest BCUT2D eigenvalue weighted by Crippen LogP contribution is -2.47. The molecule has 5 nitrogen and oxygen atoms in total. The SMILES string of the molecule is C=CCN(CC(F)(F)F)C(=O)C1CCN(C(=O)CCOc2ccccc2)CC1. The van der Waals surface area contributed by atoms with Gasteiger partial charge < -0.3 is 14.5 Å². The molecule has 154 valence electrons. The molecular formula is C20H25F3N2O3. The van der Waals surface area contributed by atoms with Crippen LogP contribution in [0.15, 0.2) is 43.0 Å². The maximum atomic E-state index is 12.7. The van der Waals surface area contributed by atoms with Crippen molar-refractivity contribution in [3.63, 3.8) is 0 Å². The number of ether oxygens (including phenoxy) is 1. The number of alkyl halides is 3. The fraction of sp³-hybridized carbons (Fsp3) is 0.500. The van der Waals surface area contributed by atoms with Crippen molar-refractivity contribution in [2.45, 2.75) is 25.4 Å². The van der Waals surface area contributed by atoms with E-state index in [1.165, 1.54) is 6.08 Å². The van der Waals surface area contributed by atoms with Gasteiger partial charge in [-0.3, -0.25) is 9.59 Å². The molecule has 0 atom stereocenters. The van der Waals surface area contributed by atoms with Gasteiger partial charge in [-0.1, -0.05) is 24.3 Å². The van der Waals surface area contributed by atoms with E-state index in [2.05, 4.69) is 6.58 Å². The Bertz CT molecular complexity index is 656. The highest BCUT2D eigenvalue weighted by molar-refractivity contribution is 5.80. The molecule has 0 spiro atoms. The number of halogens is 3. The second-order valence-corrected chi connectivity index (χ2v) is 6.69. The summed E-state index contributed by atoms with van der Waals surface area (Å²) < 4.78 is 43.5. The molecule has 0 aliphatic carbocycles. The number of para-hydroxylation sites is 1. The molecule has 1 heterocycles. The first-order valence-electron chi connectivity index (χ1n) is 9.22. The standard InChI is InChI=1S/C20H25F3N2O3/c1-2-11-25(15-20(21,22)23)19(27)16-8-12-24(13-9-16)18(26)10-14-28-17-6-4-3-5-7-17/h2-7,16H,1,8-15H2. The van der Waals surface area contributed by atoms with Crippen LogP contribution in [0.25, 0.3) is 0 Å². The van der Waals surface area contributed by atoms with E-state index < -0.39 is 24.5 Å². The summed E-state index contributed by atoms with van der Waals surface area (Å²) in [4.78, 5) is 27.1. The number of benzene rings is 1. The highest BCUT2D eigenvalue weighted by Crippen LogP contribution is 2.23. The summed E-state index contributed by atoms with van der Waals surface area (Å²) in [5.41, 5.74) is 0. The molecule has 8 heteroatoms. The van der Waals surface area contributed by atoms with Crippen molar-refractivity contribution in [3.05, 3.63) is 43.0 Å². The van der Waals surface area contributed by atoms with Gasteiger partial charge in [0.15, 0.2) is 0 Å². The van der Waals surface area contributed by atoms with Crippen LogP contribution in [-0.4, -0.2) is 60.6 Å². The molecule has 2 rings (SSSR count). The Kier molecular flexibility index (Phi) is 7.90. The lowest BCUT2D eigenvalue weighted by molar-refractivity contribution is -0.163. The summed E-state index contributed by atoms with van der Waals surface area (Å²) in [5, 5.41) is 0. The van der Waals surface area contributed by atoms with Crippen molar-refractivity contribution < 1.29 is 27.5 Å². The first kappa shape index (κ1) is 21.8. The van der Waals surface area contributed by atoms with Crippen LogP contribution in [0, 0.1) is 5.92 Å². The van der Waals surface area contributed by atoms with Gasteiger partial charge in [-0.25, -0.2) is 0 Å². The molecule has 0 aromatic heterocycles. The van der Waals surface area contributed by atoms with Gasteiger partial charge in [0, 0.05) is 25.6 Å². The summed E-state index contributed by atoms with van der Waals surface area (Å²) in [6, 6.07) is 9.16. The van der Waals surface area contributed by atoms with E-state index >= 15 is 0 Å². The molecule has 0 bridgehead atoms. The van der Waals surface area contributed by atoms with E-state index in [9.17, 15) is 22.8 Å². The van der Waals surface area contributed by atoms with Gasteiger partial charge in [0.2, 0.25) is 11.8 Å². The smallest absolute Gasteiger partial charge is 0.406 e. The minimum Gasteiger partial charge on any atom is -0.493 e. The average molecular weight is 398 g/mol. The second kappa shape index (κ2) is 10.1. The number of nitrogens with zero attached hydrogens (tertiary/aromatic N) is 2. The van der Waals surface area contributed by atoms with Crippen LogP contribution in [0.1, 0.15) is 19.3 Å². The summed E-state index contributed by atoms with van der Waals surface area (Å²) in [6.45, 7) is 2.95. The zero-order chi connectivity index (χ0) is 20.6. The highest BCUT2D eigenvalue weighted by atomic mass is 19.4. The molecular weight excluding hydrogens is 373 g/mol. The van der Waals surface area contributed by atoms with Crippen molar-refractivity contribution in [2.75, 3.05) is 32.8 Å².